The molecular weight excluding hydrogens is 258 g/mol. The zero-order chi connectivity index (χ0) is 10.7. The average molecular weight is 268 g/mol. The largest absolute Gasteiger partial charge is 0.396 e. The molecule has 0 bridgehead atoms. The molecule has 2 aromatic rings. The Kier molecular flexibility index (Phi) is 3.18. The molecule has 0 atom stereocenters. The fraction of sp³-hybridized carbons (Fsp3) is 0.182. The topological polar surface area (TPSA) is 46.3 Å². The van der Waals surface area contributed by atoms with Crippen LogP contribution in [-0.2, 0) is 6.42 Å². The fourth-order valence-corrected chi connectivity index (χ4v) is 1.82. The van der Waals surface area contributed by atoms with Gasteiger partial charge in [0, 0.05) is 22.5 Å². The Balaban J connectivity index is 2.33. The van der Waals surface area contributed by atoms with Crippen LogP contribution in [0.5, 0.6) is 0 Å². The predicted octanol–water partition coefficient (Wildman–Crippen LogP) is 2.64. The van der Waals surface area contributed by atoms with Crippen LogP contribution in [0.2, 0.25) is 0 Å². The number of hydrogen-bond acceptors (Lipinski definition) is 3. The fourth-order valence-electron chi connectivity index (χ4n) is 1.34. The van der Waals surface area contributed by atoms with Gasteiger partial charge in [0.2, 0.25) is 0 Å². The number of rotatable bonds is 3. The lowest BCUT2D eigenvalue weighted by Crippen LogP contribution is -1.86. The number of nitrogens with zero attached hydrogens (tertiary/aromatic N) is 1. The summed E-state index contributed by atoms with van der Waals surface area (Å²) in [6, 6.07) is 9.65. The minimum atomic E-state index is 0.0740. The van der Waals surface area contributed by atoms with Crippen molar-refractivity contribution in [1.82, 2.24) is 5.16 Å². The first-order valence-corrected chi connectivity index (χ1v) is 5.42. The summed E-state index contributed by atoms with van der Waals surface area (Å²) in [5, 5.41) is 12.7. The van der Waals surface area contributed by atoms with Crippen molar-refractivity contribution in [3.05, 3.63) is 40.6 Å². The van der Waals surface area contributed by atoms with Crippen molar-refractivity contribution in [3.63, 3.8) is 0 Å². The highest BCUT2D eigenvalue weighted by molar-refractivity contribution is 9.10. The van der Waals surface area contributed by atoms with Gasteiger partial charge in [-0.05, 0) is 6.07 Å². The molecule has 0 aliphatic rings. The van der Waals surface area contributed by atoms with Gasteiger partial charge in [-0.3, -0.25) is 0 Å². The summed E-state index contributed by atoms with van der Waals surface area (Å²) in [5.41, 5.74) is 1.77. The Bertz CT molecular complexity index is 453. The van der Waals surface area contributed by atoms with Crippen LogP contribution in [0.4, 0.5) is 0 Å². The smallest absolute Gasteiger partial charge is 0.139 e. The molecule has 0 saturated carbocycles. The van der Waals surface area contributed by atoms with Crippen LogP contribution < -0.4 is 0 Å². The van der Waals surface area contributed by atoms with Gasteiger partial charge in [-0.25, -0.2) is 0 Å². The van der Waals surface area contributed by atoms with Crippen LogP contribution in [0, 0.1) is 0 Å². The summed E-state index contributed by atoms with van der Waals surface area (Å²) in [7, 11) is 0. The normalized spacial score (nSPS) is 10.5. The maximum atomic E-state index is 8.76. The maximum Gasteiger partial charge on any atom is 0.139 e. The summed E-state index contributed by atoms with van der Waals surface area (Å²) in [4.78, 5) is 0. The number of aliphatic hydroxyl groups excluding tert-OH is 1. The molecule has 78 valence electrons. The quantitative estimate of drug-likeness (QED) is 0.930. The third kappa shape index (κ3) is 2.27. The van der Waals surface area contributed by atoms with E-state index in [0.717, 1.165) is 15.7 Å². The lowest BCUT2D eigenvalue weighted by molar-refractivity contribution is 0.277. The summed E-state index contributed by atoms with van der Waals surface area (Å²) in [6.45, 7) is 0.0740. The molecule has 0 radical (unpaired) electrons. The number of halogens is 1. The van der Waals surface area contributed by atoms with Gasteiger partial charge in [0.1, 0.15) is 11.5 Å². The van der Waals surface area contributed by atoms with Crippen LogP contribution >= 0.6 is 15.9 Å². The molecule has 0 unspecified atom stereocenters. The number of aromatic nitrogens is 1. The van der Waals surface area contributed by atoms with Gasteiger partial charge in [-0.2, -0.15) is 0 Å². The number of benzene rings is 1. The lowest BCUT2D eigenvalue weighted by atomic mass is 10.1. The third-order valence-corrected chi connectivity index (χ3v) is 2.76. The highest BCUT2D eigenvalue weighted by Crippen LogP contribution is 2.27. The zero-order valence-corrected chi connectivity index (χ0v) is 9.57. The molecule has 0 amide bonds. The van der Waals surface area contributed by atoms with Gasteiger partial charge in [-0.15, -0.1) is 0 Å². The van der Waals surface area contributed by atoms with E-state index in [1.807, 2.05) is 30.3 Å². The molecule has 1 heterocycles. The van der Waals surface area contributed by atoms with E-state index in [9.17, 15) is 0 Å². The highest BCUT2D eigenvalue weighted by Gasteiger charge is 2.08. The van der Waals surface area contributed by atoms with Crippen LogP contribution in [0.3, 0.4) is 0 Å². The summed E-state index contributed by atoms with van der Waals surface area (Å²) < 4.78 is 6.06. The number of hydrogen-bond donors (Lipinski definition) is 1. The molecule has 3 nitrogen and oxygen atoms in total. The van der Waals surface area contributed by atoms with E-state index in [2.05, 4.69) is 21.1 Å². The minimum Gasteiger partial charge on any atom is -0.396 e. The van der Waals surface area contributed by atoms with Crippen molar-refractivity contribution in [2.45, 2.75) is 6.42 Å². The summed E-state index contributed by atoms with van der Waals surface area (Å²) in [5.74, 6) is 0.697. The summed E-state index contributed by atoms with van der Waals surface area (Å²) in [6.07, 6.45) is 0.497. The molecule has 1 aromatic heterocycles. The van der Waals surface area contributed by atoms with Crippen molar-refractivity contribution in [2.75, 3.05) is 6.61 Å². The van der Waals surface area contributed by atoms with Gasteiger partial charge in [0.15, 0.2) is 0 Å². The predicted molar refractivity (Wildman–Crippen MR) is 60.4 cm³/mol. The Morgan fingerprint density at radius 1 is 1.33 bits per heavy atom. The van der Waals surface area contributed by atoms with Crippen LogP contribution in [-0.4, -0.2) is 16.9 Å². The van der Waals surface area contributed by atoms with Gasteiger partial charge in [-0.1, -0.05) is 39.3 Å². The first kappa shape index (κ1) is 10.4. The Hall–Kier alpha value is -1.13. The van der Waals surface area contributed by atoms with Crippen LogP contribution in [0.15, 0.2) is 39.3 Å². The molecule has 0 saturated heterocycles. The van der Waals surface area contributed by atoms with Crippen molar-refractivity contribution in [2.24, 2.45) is 0 Å². The minimum absolute atomic E-state index is 0.0740. The van der Waals surface area contributed by atoms with Crippen molar-refractivity contribution >= 4 is 15.9 Å². The molecular formula is C11H10BrNO2. The Morgan fingerprint density at radius 2 is 2.13 bits per heavy atom. The van der Waals surface area contributed by atoms with Crippen LogP contribution in [0.1, 0.15) is 5.76 Å². The van der Waals surface area contributed by atoms with Gasteiger partial charge >= 0.3 is 0 Å². The highest BCUT2D eigenvalue weighted by atomic mass is 79.9. The molecule has 15 heavy (non-hydrogen) atoms. The van der Waals surface area contributed by atoms with Gasteiger partial charge in [0.25, 0.3) is 0 Å². The Labute approximate surface area is 95.8 Å². The van der Waals surface area contributed by atoms with E-state index in [1.165, 1.54) is 0 Å². The molecule has 1 aromatic carbocycles. The second-order valence-corrected chi connectivity index (χ2v) is 3.99. The van der Waals surface area contributed by atoms with Crippen molar-refractivity contribution < 1.29 is 9.63 Å². The standard InChI is InChI=1S/C11H10BrNO2/c12-10-4-2-1-3-9(10)11-7-8(5-6-14)15-13-11/h1-4,7,14H,5-6H2. The third-order valence-electron chi connectivity index (χ3n) is 2.07. The zero-order valence-electron chi connectivity index (χ0n) is 7.98. The molecule has 1 N–H and O–H groups in total. The molecule has 0 fully saturated rings. The first-order valence-electron chi connectivity index (χ1n) is 4.62. The van der Waals surface area contributed by atoms with E-state index in [0.29, 0.717) is 12.2 Å². The molecule has 4 heteroatoms. The van der Waals surface area contributed by atoms with E-state index in [1.54, 1.807) is 0 Å². The molecule has 0 aliphatic heterocycles. The second kappa shape index (κ2) is 4.59. The molecule has 2 rings (SSSR count). The average Bonchev–Trinajstić information content (AvgIpc) is 2.68. The number of aliphatic hydroxyl groups is 1. The van der Waals surface area contributed by atoms with E-state index in [-0.39, 0.29) is 6.61 Å². The summed E-state index contributed by atoms with van der Waals surface area (Å²) >= 11 is 3.45. The van der Waals surface area contributed by atoms with Crippen LogP contribution in [0.25, 0.3) is 11.3 Å². The van der Waals surface area contributed by atoms with Crippen molar-refractivity contribution in [3.8, 4) is 11.3 Å². The van der Waals surface area contributed by atoms with E-state index < -0.39 is 0 Å². The van der Waals surface area contributed by atoms with E-state index >= 15 is 0 Å². The van der Waals surface area contributed by atoms with Crippen molar-refractivity contribution in [1.29, 1.82) is 0 Å². The first-order chi connectivity index (χ1) is 7.31. The molecule has 0 aliphatic carbocycles. The SMILES string of the molecule is OCCc1cc(-c2ccccc2Br)no1. The Morgan fingerprint density at radius 3 is 2.87 bits per heavy atom. The monoisotopic (exact) mass is 267 g/mol. The maximum absolute atomic E-state index is 8.76. The van der Waals surface area contributed by atoms with Gasteiger partial charge < -0.3 is 9.63 Å². The van der Waals surface area contributed by atoms with E-state index in [4.69, 9.17) is 9.63 Å². The second-order valence-electron chi connectivity index (χ2n) is 3.13. The molecule has 0 spiro atoms. The lowest BCUT2D eigenvalue weighted by Gasteiger charge is -1.97. The van der Waals surface area contributed by atoms with Gasteiger partial charge in [0.05, 0.1) is 6.61 Å².